The van der Waals surface area contributed by atoms with Crippen LogP contribution in [0.5, 0.6) is 0 Å². The van der Waals surface area contributed by atoms with Crippen molar-refractivity contribution in [3.8, 4) is 0 Å². The highest BCUT2D eigenvalue weighted by atomic mass is 16.5. The van der Waals surface area contributed by atoms with Crippen LogP contribution >= 0.6 is 0 Å². The van der Waals surface area contributed by atoms with Gasteiger partial charge < -0.3 is 9.84 Å². The van der Waals surface area contributed by atoms with E-state index in [1.165, 1.54) is 6.92 Å². The maximum atomic E-state index is 12.8. The fourth-order valence-electron chi connectivity index (χ4n) is 3.12. The van der Waals surface area contributed by atoms with Crippen molar-refractivity contribution in [2.24, 2.45) is 0 Å². The summed E-state index contributed by atoms with van der Waals surface area (Å²) in [5.74, 6) is -0.630. The van der Waals surface area contributed by atoms with E-state index in [4.69, 9.17) is 4.74 Å². The second-order valence-electron chi connectivity index (χ2n) is 5.86. The van der Waals surface area contributed by atoms with Crippen LogP contribution in [0.1, 0.15) is 18.9 Å². The standard InChI is InChI=1S/C16H20N2O4/c1-12(19)10-16(21)13-4-2-3-5-14(13)18(15(16)20)11-17-6-8-22-9-7-17/h2-5,21H,6-11H2,1H3/t16-/m0/s1. The summed E-state index contributed by atoms with van der Waals surface area (Å²) in [6.45, 7) is 4.56. The molecule has 1 aromatic rings. The molecule has 0 bridgehead atoms. The lowest BCUT2D eigenvalue weighted by Crippen LogP contribution is -2.48. The van der Waals surface area contributed by atoms with E-state index in [-0.39, 0.29) is 12.2 Å². The molecule has 1 fully saturated rings. The van der Waals surface area contributed by atoms with Crippen molar-refractivity contribution in [1.82, 2.24) is 4.90 Å². The molecule has 0 saturated carbocycles. The summed E-state index contributed by atoms with van der Waals surface area (Å²) in [5, 5.41) is 10.8. The number of nitrogens with zero attached hydrogens (tertiary/aromatic N) is 2. The molecule has 0 aromatic heterocycles. The highest BCUT2D eigenvalue weighted by molar-refractivity contribution is 6.08. The van der Waals surface area contributed by atoms with Gasteiger partial charge in [-0.15, -0.1) is 0 Å². The van der Waals surface area contributed by atoms with Crippen molar-refractivity contribution in [2.75, 3.05) is 37.9 Å². The Labute approximate surface area is 129 Å². The summed E-state index contributed by atoms with van der Waals surface area (Å²) in [6, 6.07) is 7.13. The first kappa shape index (κ1) is 15.1. The third-order valence-corrected chi connectivity index (χ3v) is 4.19. The maximum Gasteiger partial charge on any atom is 0.265 e. The Morgan fingerprint density at radius 1 is 1.32 bits per heavy atom. The number of ether oxygens (including phenoxy) is 1. The Kier molecular flexibility index (Phi) is 3.99. The van der Waals surface area contributed by atoms with E-state index in [2.05, 4.69) is 4.90 Å². The predicted octanol–water partition coefficient (Wildman–Crippen LogP) is 0.490. The summed E-state index contributed by atoms with van der Waals surface area (Å²) < 4.78 is 5.31. The molecule has 2 aliphatic rings. The molecule has 0 aliphatic carbocycles. The number of anilines is 1. The van der Waals surface area contributed by atoms with Crippen LogP contribution in [0.15, 0.2) is 24.3 Å². The summed E-state index contributed by atoms with van der Waals surface area (Å²) in [6.07, 6.45) is -0.192. The molecule has 2 aliphatic heterocycles. The Morgan fingerprint density at radius 3 is 2.68 bits per heavy atom. The number of para-hydroxylation sites is 1. The average Bonchev–Trinajstić information content (AvgIpc) is 2.70. The molecular formula is C16H20N2O4. The number of ketones is 1. The van der Waals surface area contributed by atoms with Crippen molar-refractivity contribution in [3.63, 3.8) is 0 Å². The van der Waals surface area contributed by atoms with Crippen molar-refractivity contribution in [2.45, 2.75) is 18.9 Å². The molecule has 22 heavy (non-hydrogen) atoms. The van der Waals surface area contributed by atoms with Crippen molar-refractivity contribution >= 4 is 17.4 Å². The second kappa shape index (κ2) is 5.79. The van der Waals surface area contributed by atoms with Gasteiger partial charge in [-0.2, -0.15) is 0 Å². The van der Waals surface area contributed by atoms with Crippen LogP contribution in [0.2, 0.25) is 0 Å². The lowest BCUT2D eigenvalue weighted by atomic mass is 9.90. The van der Waals surface area contributed by atoms with E-state index in [1.54, 1.807) is 17.0 Å². The van der Waals surface area contributed by atoms with Gasteiger partial charge in [-0.1, -0.05) is 18.2 Å². The molecule has 0 radical (unpaired) electrons. The second-order valence-corrected chi connectivity index (χ2v) is 5.86. The Balaban J connectivity index is 1.91. The minimum atomic E-state index is -1.74. The largest absolute Gasteiger partial charge is 0.379 e. The highest BCUT2D eigenvalue weighted by Crippen LogP contribution is 2.42. The number of morpholine rings is 1. The number of hydrogen-bond acceptors (Lipinski definition) is 5. The Bertz CT molecular complexity index is 598. The first-order chi connectivity index (χ1) is 10.5. The van der Waals surface area contributed by atoms with Crippen LogP contribution in [-0.4, -0.2) is 54.7 Å². The summed E-state index contributed by atoms with van der Waals surface area (Å²) in [7, 11) is 0. The van der Waals surface area contributed by atoms with E-state index >= 15 is 0 Å². The monoisotopic (exact) mass is 304 g/mol. The number of hydrogen-bond donors (Lipinski definition) is 1. The quantitative estimate of drug-likeness (QED) is 0.876. The smallest absolute Gasteiger partial charge is 0.265 e. The molecule has 1 saturated heterocycles. The lowest BCUT2D eigenvalue weighted by Gasteiger charge is -2.31. The third-order valence-electron chi connectivity index (χ3n) is 4.19. The van der Waals surface area contributed by atoms with Gasteiger partial charge in [0.05, 0.1) is 25.6 Å². The molecule has 3 rings (SSSR count). The van der Waals surface area contributed by atoms with E-state index in [1.807, 2.05) is 12.1 Å². The molecule has 2 heterocycles. The number of amides is 1. The van der Waals surface area contributed by atoms with Gasteiger partial charge in [0.25, 0.3) is 5.91 Å². The Morgan fingerprint density at radius 2 is 2.00 bits per heavy atom. The minimum Gasteiger partial charge on any atom is -0.379 e. The van der Waals surface area contributed by atoms with Gasteiger partial charge in [0, 0.05) is 25.1 Å². The van der Waals surface area contributed by atoms with Gasteiger partial charge in [-0.3, -0.25) is 19.4 Å². The van der Waals surface area contributed by atoms with E-state index < -0.39 is 11.5 Å². The van der Waals surface area contributed by atoms with Gasteiger partial charge in [0.15, 0.2) is 5.60 Å². The number of Topliss-reactive ketones (excluding diaryl/α,β-unsaturated/α-hetero) is 1. The van der Waals surface area contributed by atoms with E-state index in [0.29, 0.717) is 31.1 Å². The summed E-state index contributed by atoms with van der Waals surface area (Å²) in [5.41, 5.74) is -0.541. The molecule has 118 valence electrons. The normalized spacial score (nSPS) is 25.4. The van der Waals surface area contributed by atoms with Gasteiger partial charge >= 0.3 is 0 Å². The SMILES string of the molecule is CC(=O)C[C@@]1(O)C(=O)N(CN2CCOCC2)c2ccccc21. The van der Waals surface area contributed by atoms with Gasteiger partial charge in [0.1, 0.15) is 5.78 Å². The number of fused-ring (bicyclic) bond motifs is 1. The average molecular weight is 304 g/mol. The number of benzene rings is 1. The van der Waals surface area contributed by atoms with E-state index in [9.17, 15) is 14.7 Å². The fraction of sp³-hybridized carbons (Fsp3) is 0.500. The molecule has 1 amide bonds. The number of carbonyl (C=O) groups excluding carboxylic acids is 2. The van der Waals surface area contributed by atoms with Crippen molar-refractivity contribution < 1.29 is 19.4 Å². The topological polar surface area (TPSA) is 70.1 Å². The lowest BCUT2D eigenvalue weighted by molar-refractivity contribution is -0.141. The van der Waals surface area contributed by atoms with Crippen LogP contribution in [0.25, 0.3) is 0 Å². The number of aliphatic hydroxyl groups is 1. The molecular weight excluding hydrogens is 284 g/mol. The predicted molar refractivity (Wildman–Crippen MR) is 80.4 cm³/mol. The fourth-order valence-corrected chi connectivity index (χ4v) is 3.12. The molecule has 6 nitrogen and oxygen atoms in total. The van der Waals surface area contributed by atoms with Crippen LogP contribution < -0.4 is 4.90 Å². The molecule has 1 atom stereocenters. The first-order valence-corrected chi connectivity index (χ1v) is 7.46. The van der Waals surface area contributed by atoms with Crippen LogP contribution in [-0.2, 0) is 19.9 Å². The zero-order valence-electron chi connectivity index (χ0n) is 12.6. The van der Waals surface area contributed by atoms with Gasteiger partial charge in [0.2, 0.25) is 0 Å². The Hall–Kier alpha value is -1.76. The van der Waals surface area contributed by atoms with Crippen LogP contribution in [0.4, 0.5) is 5.69 Å². The van der Waals surface area contributed by atoms with Gasteiger partial charge in [-0.25, -0.2) is 0 Å². The number of carbonyl (C=O) groups is 2. The van der Waals surface area contributed by atoms with Crippen molar-refractivity contribution in [1.29, 1.82) is 0 Å². The maximum absolute atomic E-state index is 12.8. The number of rotatable bonds is 4. The zero-order valence-corrected chi connectivity index (χ0v) is 12.6. The highest BCUT2D eigenvalue weighted by Gasteiger charge is 2.50. The summed E-state index contributed by atoms with van der Waals surface area (Å²) >= 11 is 0. The third kappa shape index (κ3) is 2.54. The molecule has 0 spiro atoms. The van der Waals surface area contributed by atoms with Crippen LogP contribution in [0, 0.1) is 0 Å². The zero-order chi connectivity index (χ0) is 15.7. The van der Waals surface area contributed by atoms with Crippen LogP contribution in [0.3, 0.4) is 0 Å². The molecule has 1 N–H and O–H groups in total. The first-order valence-electron chi connectivity index (χ1n) is 7.46. The van der Waals surface area contributed by atoms with Gasteiger partial charge in [-0.05, 0) is 13.0 Å². The minimum absolute atomic E-state index is 0.192. The molecule has 1 aromatic carbocycles. The molecule has 6 heteroatoms. The van der Waals surface area contributed by atoms with Crippen molar-refractivity contribution in [3.05, 3.63) is 29.8 Å². The van der Waals surface area contributed by atoms with E-state index in [0.717, 1.165) is 13.1 Å². The summed E-state index contributed by atoms with van der Waals surface area (Å²) in [4.78, 5) is 27.9. The molecule has 0 unspecified atom stereocenters.